The molecule has 0 aliphatic carbocycles. The minimum atomic E-state index is -0.602. The quantitative estimate of drug-likeness (QED) is 0.381. The Labute approximate surface area is 187 Å². The number of carbonyl (C=O) groups excluding carboxylic acids is 1. The summed E-state index contributed by atoms with van der Waals surface area (Å²) >= 11 is 17.3. The minimum Gasteiger partial charge on any atom is -0.493 e. The first-order valence-electron chi connectivity index (χ1n) is 9.36. The molecule has 0 heterocycles. The number of rotatable bonds is 7. The normalized spacial score (nSPS) is 11.1. The van der Waals surface area contributed by atoms with Crippen molar-refractivity contribution in [1.29, 1.82) is 0 Å². The average molecular weight is 453 g/mol. The second-order valence-corrected chi connectivity index (χ2v) is 8.89. The van der Waals surface area contributed by atoms with Gasteiger partial charge < -0.3 is 15.4 Å². The van der Waals surface area contributed by atoms with E-state index in [1.165, 1.54) is 0 Å². The minimum absolute atomic E-state index is 0.167. The zero-order valence-corrected chi connectivity index (χ0v) is 19.4. The molecule has 156 valence electrons. The van der Waals surface area contributed by atoms with E-state index in [4.69, 9.17) is 40.2 Å². The average Bonchev–Trinajstić information content (AvgIpc) is 2.64. The van der Waals surface area contributed by atoms with Crippen molar-refractivity contribution >= 4 is 52.1 Å². The predicted octanol–water partition coefficient (Wildman–Crippen LogP) is 6.31. The molecule has 0 unspecified atom stereocenters. The Morgan fingerprint density at radius 1 is 1.14 bits per heavy atom. The fourth-order valence-electron chi connectivity index (χ4n) is 2.69. The summed E-state index contributed by atoms with van der Waals surface area (Å²) in [6.45, 7) is 8.37. The first-order valence-corrected chi connectivity index (χ1v) is 10.5. The Balaban J connectivity index is 1.83. The molecule has 0 aromatic heterocycles. The Bertz CT molecular complexity index is 900. The van der Waals surface area contributed by atoms with Gasteiger partial charge in [-0.05, 0) is 74.3 Å². The van der Waals surface area contributed by atoms with Crippen LogP contribution in [0.3, 0.4) is 0 Å². The van der Waals surface area contributed by atoms with E-state index in [0.717, 1.165) is 23.3 Å². The second kappa shape index (κ2) is 10.3. The lowest BCUT2D eigenvalue weighted by Gasteiger charge is -2.24. The Morgan fingerprint density at radius 2 is 1.86 bits per heavy atom. The summed E-state index contributed by atoms with van der Waals surface area (Å²) in [4.78, 5) is 12.6. The number of benzene rings is 2. The molecular formula is C22H26Cl2N2O2S. The fraction of sp³-hybridized carbons (Fsp3) is 0.364. The van der Waals surface area contributed by atoms with Crippen molar-refractivity contribution in [2.24, 2.45) is 5.41 Å². The zero-order chi connectivity index (χ0) is 21.6. The van der Waals surface area contributed by atoms with E-state index in [-0.39, 0.29) is 11.0 Å². The van der Waals surface area contributed by atoms with Gasteiger partial charge in [-0.2, -0.15) is 0 Å². The summed E-state index contributed by atoms with van der Waals surface area (Å²) in [7, 11) is 0. The van der Waals surface area contributed by atoms with Gasteiger partial charge in [0.1, 0.15) is 5.75 Å². The molecule has 2 aromatic rings. The lowest BCUT2D eigenvalue weighted by molar-refractivity contribution is -0.128. The van der Waals surface area contributed by atoms with Gasteiger partial charge in [-0.3, -0.25) is 4.79 Å². The van der Waals surface area contributed by atoms with Crippen LogP contribution in [0.2, 0.25) is 10.0 Å². The van der Waals surface area contributed by atoms with Crippen molar-refractivity contribution in [3.05, 3.63) is 57.6 Å². The molecule has 0 aliphatic rings. The molecule has 0 atom stereocenters. The number of ether oxygens (including phenoxy) is 1. The highest BCUT2D eigenvalue weighted by Crippen LogP contribution is 2.26. The van der Waals surface area contributed by atoms with Crippen molar-refractivity contribution in [3.8, 4) is 5.75 Å². The number of hydrogen-bond acceptors (Lipinski definition) is 3. The van der Waals surface area contributed by atoms with Crippen molar-refractivity contribution in [2.75, 3.05) is 11.9 Å². The summed E-state index contributed by atoms with van der Waals surface area (Å²) in [5.41, 5.74) is 2.20. The first-order chi connectivity index (χ1) is 13.6. The van der Waals surface area contributed by atoms with E-state index in [2.05, 4.69) is 16.7 Å². The third-order valence-electron chi connectivity index (χ3n) is 4.57. The van der Waals surface area contributed by atoms with Crippen LogP contribution in [-0.2, 0) is 4.79 Å². The summed E-state index contributed by atoms with van der Waals surface area (Å²) in [6.07, 6.45) is 1.40. The Morgan fingerprint density at radius 3 is 2.59 bits per heavy atom. The standard InChI is InChI=1S/C22H26Cl2N2O2S/c1-14-6-7-15(2)19(12-14)28-11-5-10-22(3,4)20(27)26-21(29)25-18-13-16(23)8-9-17(18)24/h6-9,12-13H,5,10-11H2,1-4H3,(H2,25,26,27,29). The number of aryl methyl sites for hydroxylation is 2. The van der Waals surface area contributed by atoms with Gasteiger partial charge in [0.25, 0.3) is 0 Å². The van der Waals surface area contributed by atoms with Gasteiger partial charge in [-0.25, -0.2) is 0 Å². The molecule has 1 amide bonds. The van der Waals surface area contributed by atoms with Crippen LogP contribution in [-0.4, -0.2) is 17.6 Å². The second-order valence-electron chi connectivity index (χ2n) is 7.64. The number of carbonyl (C=O) groups is 1. The topological polar surface area (TPSA) is 50.4 Å². The van der Waals surface area contributed by atoms with Gasteiger partial charge in [0.2, 0.25) is 5.91 Å². The molecular weight excluding hydrogens is 427 g/mol. The van der Waals surface area contributed by atoms with Crippen LogP contribution in [0.25, 0.3) is 0 Å². The number of anilines is 1. The van der Waals surface area contributed by atoms with Gasteiger partial charge >= 0.3 is 0 Å². The Kier molecular flexibility index (Phi) is 8.32. The van der Waals surface area contributed by atoms with E-state index in [1.54, 1.807) is 18.2 Å². The lowest BCUT2D eigenvalue weighted by atomic mass is 9.87. The third-order valence-corrected chi connectivity index (χ3v) is 5.33. The molecule has 0 bridgehead atoms. The van der Waals surface area contributed by atoms with Crippen LogP contribution in [0, 0.1) is 19.3 Å². The SMILES string of the molecule is Cc1ccc(C)c(OCCCC(C)(C)C(=O)NC(=S)Nc2cc(Cl)ccc2Cl)c1. The van der Waals surface area contributed by atoms with Crippen LogP contribution in [0.1, 0.15) is 37.8 Å². The van der Waals surface area contributed by atoms with Gasteiger partial charge in [-0.1, -0.05) is 49.2 Å². The van der Waals surface area contributed by atoms with E-state index in [1.807, 2.05) is 39.8 Å². The molecule has 0 fully saturated rings. The number of hydrogen-bond donors (Lipinski definition) is 2. The number of halogens is 2. The molecule has 4 nitrogen and oxygen atoms in total. The summed E-state index contributed by atoms with van der Waals surface area (Å²) in [6, 6.07) is 11.1. The highest BCUT2D eigenvalue weighted by molar-refractivity contribution is 7.80. The van der Waals surface area contributed by atoms with Crippen molar-refractivity contribution in [1.82, 2.24) is 5.32 Å². The number of thiocarbonyl (C=S) groups is 1. The van der Waals surface area contributed by atoms with Crippen LogP contribution < -0.4 is 15.4 Å². The van der Waals surface area contributed by atoms with Crippen LogP contribution in [0.5, 0.6) is 5.75 Å². The highest BCUT2D eigenvalue weighted by Gasteiger charge is 2.28. The van der Waals surface area contributed by atoms with Gasteiger partial charge in [0.15, 0.2) is 5.11 Å². The number of amides is 1. The monoisotopic (exact) mass is 452 g/mol. The van der Waals surface area contributed by atoms with E-state index >= 15 is 0 Å². The van der Waals surface area contributed by atoms with Crippen LogP contribution in [0.15, 0.2) is 36.4 Å². The third kappa shape index (κ3) is 7.18. The maximum atomic E-state index is 12.6. The maximum absolute atomic E-state index is 12.6. The molecule has 2 N–H and O–H groups in total. The molecule has 0 saturated heterocycles. The molecule has 7 heteroatoms. The highest BCUT2D eigenvalue weighted by atomic mass is 35.5. The van der Waals surface area contributed by atoms with E-state index in [9.17, 15) is 4.79 Å². The Hall–Kier alpha value is -1.82. The maximum Gasteiger partial charge on any atom is 0.231 e. The summed E-state index contributed by atoms with van der Waals surface area (Å²) in [5, 5.41) is 6.81. The van der Waals surface area contributed by atoms with Gasteiger partial charge in [-0.15, -0.1) is 0 Å². The lowest BCUT2D eigenvalue weighted by Crippen LogP contribution is -2.42. The van der Waals surface area contributed by atoms with Crippen molar-refractivity contribution < 1.29 is 9.53 Å². The summed E-state index contributed by atoms with van der Waals surface area (Å²) < 4.78 is 5.88. The van der Waals surface area contributed by atoms with Gasteiger partial charge in [0.05, 0.1) is 17.3 Å². The van der Waals surface area contributed by atoms with Gasteiger partial charge in [0, 0.05) is 10.4 Å². The molecule has 2 aromatic carbocycles. The molecule has 0 radical (unpaired) electrons. The van der Waals surface area contributed by atoms with E-state index < -0.39 is 5.41 Å². The predicted molar refractivity (Wildman–Crippen MR) is 125 cm³/mol. The zero-order valence-electron chi connectivity index (χ0n) is 17.1. The smallest absolute Gasteiger partial charge is 0.231 e. The van der Waals surface area contributed by atoms with Crippen LogP contribution in [0.4, 0.5) is 5.69 Å². The van der Waals surface area contributed by atoms with Crippen molar-refractivity contribution in [2.45, 2.75) is 40.5 Å². The van der Waals surface area contributed by atoms with Crippen molar-refractivity contribution in [3.63, 3.8) is 0 Å². The molecule has 2 rings (SSSR count). The molecule has 0 spiro atoms. The molecule has 0 saturated carbocycles. The molecule has 0 aliphatic heterocycles. The fourth-order valence-corrected chi connectivity index (χ4v) is 3.23. The number of nitrogens with one attached hydrogen (secondary N) is 2. The van der Waals surface area contributed by atoms with Crippen LogP contribution >= 0.6 is 35.4 Å². The first kappa shape index (κ1) is 23.5. The summed E-state index contributed by atoms with van der Waals surface area (Å²) in [5.74, 6) is 0.718. The molecule has 29 heavy (non-hydrogen) atoms. The largest absolute Gasteiger partial charge is 0.493 e. The van der Waals surface area contributed by atoms with E-state index in [0.29, 0.717) is 28.8 Å².